The van der Waals surface area contributed by atoms with Crippen molar-refractivity contribution < 1.29 is 4.79 Å². The lowest BCUT2D eigenvalue weighted by atomic mass is 9.76. The third-order valence-electron chi connectivity index (χ3n) is 3.85. The summed E-state index contributed by atoms with van der Waals surface area (Å²) < 4.78 is 0.858. The Labute approximate surface area is 117 Å². The second kappa shape index (κ2) is 5.87. The number of carbonyl (C=O) groups is 1. The van der Waals surface area contributed by atoms with Gasteiger partial charge in [-0.05, 0) is 46.3 Å². The fraction of sp³-hybridized carbons (Fsp3) is 0.533. The van der Waals surface area contributed by atoms with Crippen molar-refractivity contribution in [2.45, 2.75) is 39.0 Å². The molecule has 1 N–H and O–H groups in total. The number of halogens is 1. The summed E-state index contributed by atoms with van der Waals surface area (Å²) in [6.45, 7) is 3.07. The van der Waals surface area contributed by atoms with E-state index in [2.05, 4.69) is 28.2 Å². The number of hydrogen-bond donors (Lipinski definition) is 1. The summed E-state index contributed by atoms with van der Waals surface area (Å²) in [6.07, 6.45) is 6.38. The van der Waals surface area contributed by atoms with Crippen LogP contribution in [0.25, 0.3) is 0 Å². The van der Waals surface area contributed by atoms with E-state index in [1.807, 2.05) is 24.3 Å². The van der Waals surface area contributed by atoms with E-state index in [-0.39, 0.29) is 11.3 Å². The molecule has 2 rings (SSSR count). The summed E-state index contributed by atoms with van der Waals surface area (Å²) in [4.78, 5) is 12.1. The Balaban J connectivity index is 1.94. The van der Waals surface area contributed by atoms with Gasteiger partial charge in [0.2, 0.25) is 0 Å². The first kappa shape index (κ1) is 13.6. The Kier molecular flexibility index (Phi) is 4.44. The van der Waals surface area contributed by atoms with Crippen molar-refractivity contribution in [1.82, 2.24) is 5.32 Å². The minimum absolute atomic E-state index is 0.0225. The minimum atomic E-state index is 0.0225. The monoisotopic (exact) mass is 309 g/mol. The Morgan fingerprint density at radius 2 is 1.94 bits per heavy atom. The summed E-state index contributed by atoms with van der Waals surface area (Å²) in [6, 6.07) is 7.56. The van der Waals surface area contributed by atoms with Crippen molar-refractivity contribution in [2.75, 3.05) is 6.54 Å². The Bertz CT molecular complexity index is 424. The molecule has 0 heterocycles. The molecule has 0 aliphatic heterocycles. The number of amides is 1. The molecule has 0 radical (unpaired) electrons. The van der Waals surface area contributed by atoms with Gasteiger partial charge >= 0.3 is 0 Å². The van der Waals surface area contributed by atoms with Gasteiger partial charge in [0.1, 0.15) is 0 Å². The SMILES string of the molecule is CC1(CNC(=O)c2ccccc2Br)CCCCC1. The van der Waals surface area contributed by atoms with Gasteiger partial charge < -0.3 is 5.32 Å². The van der Waals surface area contributed by atoms with Crippen LogP contribution in [-0.4, -0.2) is 12.5 Å². The van der Waals surface area contributed by atoms with Crippen molar-refractivity contribution in [3.8, 4) is 0 Å². The standard InChI is InChI=1S/C15H20BrNO/c1-15(9-5-2-6-10-15)11-17-14(18)12-7-3-4-8-13(12)16/h3-4,7-8H,2,5-6,9-11H2,1H3,(H,17,18). The van der Waals surface area contributed by atoms with Gasteiger partial charge in [-0.2, -0.15) is 0 Å². The quantitative estimate of drug-likeness (QED) is 0.893. The summed E-state index contributed by atoms with van der Waals surface area (Å²) >= 11 is 3.42. The fourth-order valence-electron chi connectivity index (χ4n) is 2.62. The lowest BCUT2D eigenvalue weighted by Crippen LogP contribution is -2.37. The predicted molar refractivity (Wildman–Crippen MR) is 77.7 cm³/mol. The first-order valence-corrected chi connectivity index (χ1v) is 7.43. The molecule has 1 fully saturated rings. The van der Waals surface area contributed by atoms with Gasteiger partial charge in [0.25, 0.3) is 5.91 Å². The normalized spacial score (nSPS) is 18.3. The van der Waals surface area contributed by atoms with Crippen molar-refractivity contribution in [2.24, 2.45) is 5.41 Å². The maximum atomic E-state index is 12.1. The summed E-state index contributed by atoms with van der Waals surface area (Å²) in [7, 11) is 0. The van der Waals surface area contributed by atoms with E-state index in [1.165, 1.54) is 32.1 Å². The molecule has 1 aromatic carbocycles. The molecule has 1 aliphatic rings. The summed E-state index contributed by atoms with van der Waals surface area (Å²) in [5.41, 5.74) is 1.01. The molecule has 0 bridgehead atoms. The molecule has 0 saturated heterocycles. The minimum Gasteiger partial charge on any atom is -0.351 e. The number of benzene rings is 1. The Hall–Kier alpha value is -0.830. The van der Waals surface area contributed by atoms with E-state index in [0.717, 1.165) is 16.6 Å². The topological polar surface area (TPSA) is 29.1 Å². The maximum absolute atomic E-state index is 12.1. The van der Waals surface area contributed by atoms with Gasteiger partial charge in [-0.1, -0.05) is 38.3 Å². The van der Waals surface area contributed by atoms with Gasteiger partial charge in [0, 0.05) is 11.0 Å². The van der Waals surface area contributed by atoms with E-state index >= 15 is 0 Å². The van der Waals surface area contributed by atoms with Crippen LogP contribution in [0.15, 0.2) is 28.7 Å². The first-order valence-electron chi connectivity index (χ1n) is 6.63. The van der Waals surface area contributed by atoms with Crippen molar-refractivity contribution in [3.63, 3.8) is 0 Å². The highest BCUT2D eigenvalue weighted by molar-refractivity contribution is 9.10. The number of nitrogens with one attached hydrogen (secondary N) is 1. The van der Waals surface area contributed by atoms with Crippen LogP contribution in [0.1, 0.15) is 49.4 Å². The van der Waals surface area contributed by atoms with E-state index < -0.39 is 0 Å². The maximum Gasteiger partial charge on any atom is 0.252 e. The fourth-order valence-corrected chi connectivity index (χ4v) is 3.08. The van der Waals surface area contributed by atoms with E-state index in [1.54, 1.807) is 0 Å². The lowest BCUT2D eigenvalue weighted by Gasteiger charge is -2.33. The summed E-state index contributed by atoms with van der Waals surface area (Å²) in [5, 5.41) is 3.08. The molecule has 0 spiro atoms. The number of carbonyl (C=O) groups excluding carboxylic acids is 1. The molecule has 1 aliphatic carbocycles. The number of rotatable bonds is 3. The third kappa shape index (κ3) is 3.35. The molecule has 3 heteroatoms. The zero-order valence-corrected chi connectivity index (χ0v) is 12.4. The highest BCUT2D eigenvalue weighted by atomic mass is 79.9. The molecule has 98 valence electrons. The largest absolute Gasteiger partial charge is 0.351 e. The highest BCUT2D eigenvalue weighted by Gasteiger charge is 2.27. The molecular formula is C15H20BrNO. The zero-order valence-electron chi connectivity index (χ0n) is 10.8. The van der Waals surface area contributed by atoms with Crippen molar-refractivity contribution in [1.29, 1.82) is 0 Å². The highest BCUT2D eigenvalue weighted by Crippen LogP contribution is 2.35. The zero-order chi connectivity index (χ0) is 13.0. The van der Waals surface area contributed by atoms with Crippen LogP contribution in [0, 0.1) is 5.41 Å². The number of hydrogen-bond acceptors (Lipinski definition) is 1. The summed E-state index contributed by atoms with van der Waals surface area (Å²) in [5.74, 6) is 0.0225. The van der Waals surface area contributed by atoms with Crippen LogP contribution < -0.4 is 5.32 Å². The molecule has 0 unspecified atom stereocenters. The van der Waals surface area contributed by atoms with Gasteiger partial charge in [-0.15, -0.1) is 0 Å². The molecule has 1 saturated carbocycles. The molecule has 1 aromatic rings. The first-order chi connectivity index (χ1) is 8.61. The average Bonchev–Trinajstić information content (AvgIpc) is 2.38. The van der Waals surface area contributed by atoms with Gasteiger partial charge in [-0.3, -0.25) is 4.79 Å². The van der Waals surface area contributed by atoms with Crippen LogP contribution in [0.5, 0.6) is 0 Å². The Morgan fingerprint density at radius 1 is 1.28 bits per heavy atom. The van der Waals surface area contributed by atoms with E-state index in [4.69, 9.17) is 0 Å². The van der Waals surface area contributed by atoms with Gasteiger partial charge in [0.15, 0.2) is 0 Å². The third-order valence-corrected chi connectivity index (χ3v) is 4.55. The second-order valence-electron chi connectivity index (χ2n) is 5.53. The van der Waals surface area contributed by atoms with E-state index in [0.29, 0.717) is 0 Å². The van der Waals surface area contributed by atoms with Crippen LogP contribution in [0.4, 0.5) is 0 Å². The lowest BCUT2D eigenvalue weighted by molar-refractivity contribution is 0.0918. The predicted octanol–water partition coefficient (Wildman–Crippen LogP) is 4.15. The molecule has 1 amide bonds. The van der Waals surface area contributed by atoms with Crippen LogP contribution in [-0.2, 0) is 0 Å². The Morgan fingerprint density at radius 3 is 2.61 bits per heavy atom. The molecule has 18 heavy (non-hydrogen) atoms. The molecule has 0 aromatic heterocycles. The average molecular weight is 310 g/mol. The van der Waals surface area contributed by atoms with Gasteiger partial charge in [-0.25, -0.2) is 0 Å². The van der Waals surface area contributed by atoms with Crippen LogP contribution >= 0.6 is 15.9 Å². The van der Waals surface area contributed by atoms with Crippen LogP contribution in [0.2, 0.25) is 0 Å². The van der Waals surface area contributed by atoms with Crippen molar-refractivity contribution >= 4 is 21.8 Å². The molecule has 0 atom stereocenters. The second-order valence-corrected chi connectivity index (χ2v) is 6.39. The van der Waals surface area contributed by atoms with E-state index in [9.17, 15) is 4.79 Å². The van der Waals surface area contributed by atoms with Crippen molar-refractivity contribution in [3.05, 3.63) is 34.3 Å². The smallest absolute Gasteiger partial charge is 0.252 e. The van der Waals surface area contributed by atoms with Gasteiger partial charge in [0.05, 0.1) is 5.56 Å². The molecular weight excluding hydrogens is 290 g/mol. The molecule has 2 nitrogen and oxygen atoms in total. The van der Waals surface area contributed by atoms with Crippen LogP contribution in [0.3, 0.4) is 0 Å².